The van der Waals surface area contributed by atoms with Crippen LogP contribution >= 0.6 is 11.6 Å². The van der Waals surface area contributed by atoms with Gasteiger partial charge in [-0.25, -0.2) is 0 Å². The van der Waals surface area contributed by atoms with Crippen LogP contribution in [-0.4, -0.2) is 13.2 Å². The van der Waals surface area contributed by atoms with Crippen LogP contribution in [0.3, 0.4) is 0 Å². The lowest BCUT2D eigenvalue weighted by atomic mass is 10.3. The van der Waals surface area contributed by atoms with E-state index in [1.54, 1.807) is 6.07 Å². The molecule has 0 aromatic heterocycles. The fraction of sp³-hybridized carbons (Fsp3) is 0.143. The summed E-state index contributed by atoms with van der Waals surface area (Å²) in [6.07, 6.45) is 0. The van der Waals surface area contributed by atoms with Crippen LogP contribution in [0, 0.1) is 0 Å². The summed E-state index contributed by atoms with van der Waals surface area (Å²) in [4.78, 5) is 0. The molecule has 0 saturated heterocycles. The average Bonchev–Trinajstić information content (AvgIpc) is 2.38. The molecule has 0 aliphatic heterocycles. The van der Waals surface area contributed by atoms with E-state index >= 15 is 0 Å². The van der Waals surface area contributed by atoms with Crippen molar-refractivity contribution in [2.45, 2.75) is 0 Å². The SMILES string of the molecule is Nc1ccccc1NCCOc1ccccc1Cl. The normalized spacial score (nSPS) is 10.1. The molecule has 3 N–H and O–H groups in total. The van der Waals surface area contributed by atoms with Crippen LogP contribution in [0.25, 0.3) is 0 Å². The largest absolute Gasteiger partial charge is 0.490 e. The van der Waals surface area contributed by atoms with Crippen molar-refractivity contribution in [1.29, 1.82) is 0 Å². The third-order valence-electron chi connectivity index (χ3n) is 2.47. The van der Waals surface area contributed by atoms with Gasteiger partial charge in [-0.2, -0.15) is 0 Å². The maximum Gasteiger partial charge on any atom is 0.137 e. The molecule has 2 rings (SSSR count). The first-order valence-electron chi connectivity index (χ1n) is 5.73. The Kier molecular flexibility index (Phi) is 4.31. The molecule has 3 nitrogen and oxygen atoms in total. The van der Waals surface area contributed by atoms with Crippen LogP contribution < -0.4 is 15.8 Å². The molecule has 0 bridgehead atoms. The minimum Gasteiger partial charge on any atom is -0.490 e. The van der Waals surface area contributed by atoms with E-state index in [1.165, 1.54) is 0 Å². The van der Waals surface area contributed by atoms with Gasteiger partial charge < -0.3 is 15.8 Å². The quantitative estimate of drug-likeness (QED) is 0.641. The van der Waals surface area contributed by atoms with E-state index in [-0.39, 0.29) is 0 Å². The van der Waals surface area contributed by atoms with Crippen molar-refractivity contribution in [1.82, 2.24) is 0 Å². The van der Waals surface area contributed by atoms with E-state index in [0.717, 1.165) is 11.4 Å². The Morgan fingerprint density at radius 3 is 2.56 bits per heavy atom. The molecule has 2 aromatic carbocycles. The zero-order valence-corrected chi connectivity index (χ0v) is 10.7. The fourth-order valence-corrected chi connectivity index (χ4v) is 1.76. The molecular formula is C14H15ClN2O. The number of anilines is 2. The van der Waals surface area contributed by atoms with Gasteiger partial charge in [-0.3, -0.25) is 0 Å². The van der Waals surface area contributed by atoms with Gasteiger partial charge in [-0.05, 0) is 24.3 Å². The molecule has 0 heterocycles. The monoisotopic (exact) mass is 262 g/mol. The second-order valence-electron chi connectivity index (χ2n) is 3.79. The molecular weight excluding hydrogens is 248 g/mol. The molecule has 0 saturated carbocycles. The van der Waals surface area contributed by atoms with E-state index in [9.17, 15) is 0 Å². The van der Waals surface area contributed by atoms with E-state index in [4.69, 9.17) is 22.1 Å². The standard InChI is InChI=1S/C14H15ClN2O/c15-11-5-1-4-8-14(11)18-10-9-17-13-7-3-2-6-12(13)16/h1-8,17H,9-10,16H2. The summed E-state index contributed by atoms with van der Waals surface area (Å²) in [5.74, 6) is 0.696. The number of rotatable bonds is 5. The smallest absolute Gasteiger partial charge is 0.137 e. The van der Waals surface area contributed by atoms with E-state index in [2.05, 4.69) is 5.32 Å². The Bertz CT molecular complexity index is 469. The number of para-hydroxylation sites is 3. The number of benzene rings is 2. The van der Waals surface area contributed by atoms with Crippen LogP contribution in [0.15, 0.2) is 48.5 Å². The number of ether oxygens (including phenoxy) is 1. The second-order valence-corrected chi connectivity index (χ2v) is 4.20. The number of halogens is 1. The Balaban J connectivity index is 1.80. The van der Waals surface area contributed by atoms with Gasteiger partial charge in [0.2, 0.25) is 0 Å². The van der Waals surface area contributed by atoms with E-state index < -0.39 is 0 Å². The average molecular weight is 263 g/mol. The van der Waals surface area contributed by atoms with E-state index in [0.29, 0.717) is 23.9 Å². The first-order valence-corrected chi connectivity index (χ1v) is 6.11. The molecule has 0 radical (unpaired) electrons. The molecule has 0 atom stereocenters. The zero-order valence-electron chi connectivity index (χ0n) is 9.90. The molecule has 0 fully saturated rings. The van der Waals surface area contributed by atoms with Crippen molar-refractivity contribution in [3.63, 3.8) is 0 Å². The summed E-state index contributed by atoms with van der Waals surface area (Å²) >= 11 is 5.98. The van der Waals surface area contributed by atoms with Crippen molar-refractivity contribution >= 4 is 23.0 Å². The fourth-order valence-electron chi connectivity index (χ4n) is 1.57. The highest BCUT2D eigenvalue weighted by Gasteiger charge is 2.00. The Morgan fingerprint density at radius 1 is 1.06 bits per heavy atom. The van der Waals surface area contributed by atoms with Crippen molar-refractivity contribution in [2.75, 3.05) is 24.2 Å². The number of nitrogens with two attached hydrogens (primary N) is 1. The van der Waals surface area contributed by atoms with E-state index in [1.807, 2.05) is 42.5 Å². The van der Waals surface area contributed by atoms with Gasteiger partial charge in [0.25, 0.3) is 0 Å². The van der Waals surface area contributed by atoms with Gasteiger partial charge in [0.05, 0.1) is 16.4 Å². The summed E-state index contributed by atoms with van der Waals surface area (Å²) in [7, 11) is 0. The molecule has 4 heteroatoms. The third-order valence-corrected chi connectivity index (χ3v) is 2.78. The van der Waals surface area contributed by atoms with Gasteiger partial charge in [0, 0.05) is 6.54 Å². The molecule has 18 heavy (non-hydrogen) atoms. The number of hydrogen-bond acceptors (Lipinski definition) is 3. The maximum absolute atomic E-state index is 5.98. The Labute approximate surface area is 112 Å². The third kappa shape index (κ3) is 3.31. The topological polar surface area (TPSA) is 47.3 Å². The lowest BCUT2D eigenvalue weighted by Gasteiger charge is -2.10. The summed E-state index contributed by atoms with van der Waals surface area (Å²) in [6, 6.07) is 15.1. The van der Waals surface area contributed by atoms with Crippen molar-refractivity contribution < 1.29 is 4.74 Å². The highest BCUT2D eigenvalue weighted by atomic mass is 35.5. The molecule has 0 unspecified atom stereocenters. The van der Waals surface area contributed by atoms with Crippen LogP contribution in [-0.2, 0) is 0 Å². The van der Waals surface area contributed by atoms with Crippen LogP contribution in [0.1, 0.15) is 0 Å². The zero-order chi connectivity index (χ0) is 12.8. The van der Waals surface area contributed by atoms with Crippen LogP contribution in [0.2, 0.25) is 5.02 Å². The van der Waals surface area contributed by atoms with Crippen LogP contribution in [0.5, 0.6) is 5.75 Å². The first kappa shape index (κ1) is 12.6. The van der Waals surface area contributed by atoms with Gasteiger partial charge >= 0.3 is 0 Å². The number of nitrogen functional groups attached to an aromatic ring is 1. The first-order chi connectivity index (χ1) is 8.77. The lowest BCUT2D eigenvalue weighted by molar-refractivity contribution is 0.333. The predicted molar refractivity (Wildman–Crippen MR) is 76.3 cm³/mol. The summed E-state index contributed by atoms with van der Waals surface area (Å²) < 4.78 is 5.56. The van der Waals surface area contributed by atoms with Gasteiger partial charge in [-0.15, -0.1) is 0 Å². The highest BCUT2D eigenvalue weighted by Crippen LogP contribution is 2.23. The molecule has 0 aliphatic carbocycles. The lowest BCUT2D eigenvalue weighted by Crippen LogP contribution is -2.12. The molecule has 0 aliphatic rings. The predicted octanol–water partition coefficient (Wildman–Crippen LogP) is 3.41. The van der Waals surface area contributed by atoms with Crippen molar-refractivity contribution in [3.8, 4) is 5.75 Å². The highest BCUT2D eigenvalue weighted by molar-refractivity contribution is 6.32. The summed E-state index contributed by atoms with van der Waals surface area (Å²) in [5, 5.41) is 3.83. The molecule has 0 spiro atoms. The van der Waals surface area contributed by atoms with Crippen molar-refractivity contribution in [3.05, 3.63) is 53.6 Å². The van der Waals surface area contributed by atoms with Gasteiger partial charge in [-0.1, -0.05) is 35.9 Å². The minimum atomic E-state index is 0.526. The van der Waals surface area contributed by atoms with Crippen LogP contribution in [0.4, 0.5) is 11.4 Å². The second kappa shape index (κ2) is 6.17. The summed E-state index contributed by atoms with van der Waals surface area (Å²) in [6.45, 7) is 1.19. The summed E-state index contributed by atoms with van der Waals surface area (Å²) in [5.41, 5.74) is 7.46. The van der Waals surface area contributed by atoms with Gasteiger partial charge in [0.15, 0.2) is 0 Å². The van der Waals surface area contributed by atoms with Gasteiger partial charge in [0.1, 0.15) is 12.4 Å². The molecule has 2 aromatic rings. The maximum atomic E-state index is 5.98. The Morgan fingerprint density at radius 2 is 1.78 bits per heavy atom. The van der Waals surface area contributed by atoms with Crippen molar-refractivity contribution in [2.24, 2.45) is 0 Å². The number of nitrogens with one attached hydrogen (secondary N) is 1. The minimum absolute atomic E-state index is 0.526. The molecule has 94 valence electrons. The Hall–Kier alpha value is -1.87. The number of hydrogen-bond donors (Lipinski definition) is 2. The molecule has 0 amide bonds.